The van der Waals surface area contributed by atoms with Crippen LogP contribution in [0.3, 0.4) is 0 Å². The Balaban J connectivity index is 1.71. The lowest BCUT2D eigenvalue weighted by Crippen LogP contribution is -2.15. The van der Waals surface area contributed by atoms with E-state index in [4.69, 9.17) is 5.73 Å². The minimum absolute atomic E-state index is 0.0803. The van der Waals surface area contributed by atoms with Crippen LogP contribution < -0.4 is 11.1 Å². The molecule has 0 bridgehead atoms. The van der Waals surface area contributed by atoms with Gasteiger partial charge in [-0.15, -0.1) is 11.3 Å². The van der Waals surface area contributed by atoms with Crippen molar-refractivity contribution in [2.24, 2.45) is 0 Å². The number of carbonyl (C=O) groups excluding carboxylic acids is 1. The van der Waals surface area contributed by atoms with Gasteiger partial charge in [-0.1, -0.05) is 42.8 Å². The Morgan fingerprint density at radius 3 is 2.71 bits per heavy atom. The third kappa shape index (κ3) is 2.67. The maximum absolute atomic E-state index is 12.9. The van der Waals surface area contributed by atoms with Gasteiger partial charge in [-0.3, -0.25) is 4.79 Å². The van der Waals surface area contributed by atoms with Gasteiger partial charge in [0.1, 0.15) is 0 Å². The van der Waals surface area contributed by atoms with E-state index in [1.807, 2.05) is 30.3 Å². The average molecular weight is 336 g/mol. The molecular formula is C20H20N2OS. The number of hydrogen-bond donors (Lipinski definition) is 2. The molecule has 3 aromatic rings. The molecular weight excluding hydrogens is 316 g/mol. The molecule has 4 heteroatoms. The summed E-state index contributed by atoms with van der Waals surface area (Å²) in [5.74, 6) is -0.0803. The quantitative estimate of drug-likeness (QED) is 0.647. The number of benzene rings is 2. The van der Waals surface area contributed by atoms with Gasteiger partial charge in [0.15, 0.2) is 0 Å². The molecule has 2 aromatic carbocycles. The molecule has 4 rings (SSSR count). The second kappa shape index (κ2) is 6.29. The topological polar surface area (TPSA) is 55.1 Å². The minimum Gasteiger partial charge on any atom is -0.390 e. The lowest BCUT2D eigenvalue weighted by atomic mass is 10.0. The number of fused-ring (bicyclic) bond motifs is 2. The summed E-state index contributed by atoms with van der Waals surface area (Å²) in [7, 11) is 0. The van der Waals surface area contributed by atoms with Crippen LogP contribution in [0.1, 0.15) is 40.1 Å². The molecule has 1 aliphatic rings. The first-order valence-electron chi connectivity index (χ1n) is 8.43. The summed E-state index contributed by atoms with van der Waals surface area (Å²) in [6, 6.07) is 14.0. The fraction of sp³-hybridized carbons (Fsp3) is 0.250. The monoisotopic (exact) mass is 336 g/mol. The van der Waals surface area contributed by atoms with Crippen LogP contribution in [-0.4, -0.2) is 5.91 Å². The number of anilines is 2. The standard InChI is InChI=1S/C20H20N2OS/c21-19-18(15-10-2-1-3-12-17(15)24-19)20(23)22-16-11-6-8-13-7-4-5-9-14(13)16/h4-9,11H,1-3,10,12,21H2,(H,22,23). The molecule has 1 amide bonds. The molecule has 0 spiro atoms. The predicted molar refractivity (Wildman–Crippen MR) is 102 cm³/mol. The Morgan fingerprint density at radius 2 is 1.79 bits per heavy atom. The number of thiophene rings is 1. The zero-order chi connectivity index (χ0) is 16.5. The van der Waals surface area contributed by atoms with Crippen LogP contribution in [0.15, 0.2) is 42.5 Å². The fourth-order valence-electron chi connectivity index (χ4n) is 3.53. The van der Waals surface area contributed by atoms with Crippen LogP contribution in [0.4, 0.5) is 10.7 Å². The Kier molecular flexibility index (Phi) is 3.98. The van der Waals surface area contributed by atoms with E-state index in [1.54, 1.807) is 11.3 Å². The van der Waals surface area contributed by atoms with Gasteiger partial charge in [0.2, 0.25) is 0 Å². The van der Waals surface area contributed by atoms with Crippen LogP contribution in [0, 0.1) is 0 Å². The first kappa shape index (κ1) is 15.2. The number of nitrogen functional groups attached to an aromatic ring is 1. The highest BCUT2D eigenvalue weighted by molar-refractivity contribution is 7.16. The van der Waals surface area contributed by atoms with Gasteiger partial charge in [0, 0.05) is 16.0 Å². The average Bonchev–Trinajstić information content (AvgIpc) is 2.75. The molecule has 3 nitrogen and oxygen atoms in total. The van der Waals surface area contributed by atoms with E-state index in [0.29, 0.717) is 10.6 Å². The Morgan fingerprint density at radius 1 is 1.00 bits per heavy atom. The minimum atomic E-state index is -0.0803. The van der Waals surface area contributed by atoms with Crippen LogP contribution in [-0.2, 0) is 12.8 Å². The normalized spacial score (nSPS) is 14.2. The molecule has 0 fully saturated rings. The summed E-state index contributed by atoms with van der Waals surface area (Å²) < 4.78 is 0. The van der Waals surface area contributed by atoms with Crippen molar-refractivity contribution in [3.05, 3.63) is 58.5 Å². The number of carbonyl (C=O) groups is 1. The molecule has 0 aliphatic heterocycles. The summed E-state index contributed by atoms with van der Waals surface area (Å²) in [6.45, 7) is 0. The lowest BCUT2D eigenvalue weighted by molar-refractivity contribution is 0.102. The maximum atomic E-state index is 12.9. The number of rotatable bonds is 2. The summed E-state index contributed by atoms with van der Waals surface area (Å²) in [6.07, 6.45) is 5.56. The number of nitrogens with two attached hydrogens (primary N) is 1. The molecule has 24 heavy (non-hydrogen) atoms. The molecule has 1 heterocycles. The molecule has 0 radical (unpaired) electrons. The van der Waals surface area contributed by atoms with Crippen LogP contribution in [0.25, 0.3) is 10.8 Å². The third-order valence-corrected chi connectivity index (χ3v) is 5.83. The van der Waals surface area contributed by atoms with Gasteiger partial charge >= 0.3 is 0 Å². The Labute approximate surface area is 145 Å². The van der Waals surface area contributed by atoms with Crippen molar-refractivity contribution < 1.29 is 4.79 Å². The molecule has 0 saturated heterocycles. The molecule has 1 aromatic heterocycles. The number of hydrogen-bond acceptors (Lipinski definition) is 3. The van der Waals surface area contributed by atoms with Crippen LogP contribution in [0.5, 0.6) is 0 Å². The first-order chi connectivity index (χ1) is 11.7. The van der Waals surface area contributed by atoms with Crippen LogP contribution >= 0.6 is 11.3 Å². The lowest BCUT2D eigenvalue weighted by Gasteiger charge is -2.10. The second-order valence-corrected chi connectivity index (χ2v) is 7.42. The first-order valence-corrected chi connectivity index (χ1v) is 9.25. The SMILES string of the molecule is Nc1sc2c(c1C(=O)Nc1cccc3ccccc13)CCCCC2. The van der Waals surface area contributed by atoms with Crippen LogP contribution in [0.2, 0.25) is 0 Å². The van der Waals surface area contributed by atoms with Crippen molar-refractivity contribution in [1.29, 1.82) is 0 Å². The van der Waals surface area contributed by atoms with E-state index in [1.165, 1.54) is 23.3 Å². The van der Waals surface area contributed by atoms with Gasteiger partial charge < -0.3 is 11.1 Å². The van der Waals surface area contributed by atoms with Crippen molar-refractivity contribution in [2.45, 2.75) is 32.1 Å². The molecule has 0 unspecified atom stereocenters. The van der Waals surface area contributed by atoms with Gasteiger partial charge in [-0.05, 0) is 42.7 Å². The van der Waals surface area contributed by atoms with Crippen molar-refractivity contribution in [1.82, 2.24) is 0 Å². The predicted octanol–water partition coefficient (Wildman–Crippen LogP) is 5.00. The van der Waals surface area contributed by atoms with E-state index in [0.717, 1.165) is 35.7 Å². The van der Waals surface area contributed by atoms with Crippen molar-refractivity contribution in [2.75, 3.05) is 11.1 Å². The summed E-state index contributed by atoms with van der Waals surface area (Å²) in [4.78, 5) is 14.2. The van der Waals surface area contributed by atoms with Gasteiger partial charge in [-0.25, -0.2) is 0 Å². The molecule has 0 atom stereocenters. The van der Waals surface area contributed by atoms with E-state index in [2.05, 4.69) is 17.4 Å². The van der Waals surface area contributed by atoms with Gasteiger partial charge in [0.25, 0.3) is 5.91 Å². The molecule has 3 N–H and O–H groups in total. The summed E-state index contributed by atoms with van der Waals surface area (Å²) in [5.41, 5.74) is 8.91. The van der Waals surface area contributed by atoms with E-state index in [-0.39, 0.29) is 5.91 Å². The second-order valence-electron chi connectivity index (χ2n) is 6.28. The highest BCUT2D eigenvalue weighted by atomic mass is 32.1. The van der Waals surface area contributed by atoms with E-state index in [9.17, 15) is 4.79 Å². The highest BCUT2D eigenvalue weighted by Crippen LogP contribution is 2.36. The number of aryl methyl sites for hydroxylation is 1. The fourth-order valence-corrected chi connectivity index (χ4v) is 4.69. The number of amides is 1. The van der Waals surface area contributed by atoms with E-state index >= 15 is 0 Å². The summed E-state index contributed by atoms with van der Waals surface area (Å²) in [5, 5.41) is 5.91. The highest BCUT2D eigenvalue weighted by Gasteiger charge is 2.23. The van der Waals surface area contributed by atoms with Gasteiger partial charge in [0.05, 0.1) is 10.6 Å². The molecule has 1 aliphatic carbocycles. The van der Waals surface area contributed by atoms with E-state index < -0.39 is 0 Å². The largest absolute Gasteiger partial charge is 0.390 e. The van der Waals surface area contributed by atoms with Crippen molar-refractivity contribution in [3.8, 4) is 0 Å². The third-order valence-electron chi connectivity index (χ3n) is 4.71. The van der Waals surface area contributed by atoms with Crippen molar-refractivity contribution in [3.63, 3.8) is 0 Å². The Bertz CT molecular complexity index is 908. The maximum Gasteiger partial charge on any atom is 0.258 e. The summed E-state index contributed by atoms with van der Waals surface area (Å²) >= 11 is 1.59. The number of nitrogens with one attached hydrogen (secondary N) is 1. The zero-order valence-corrected chi connectivity index (χ0v) is 14.3. The van der Waals surface area contributed by atoms with Gasteiger partial charge in [-0.2, -0.15) is 0 Å². The zero-order valence-electron chi connectivity index (χ0n) is 13.5. The van der Waals surface area contributed by atoms with Crippen molar-refractivity contribution >= 4 is 38.7 Å². The Hall–Kier alpha value is -2.33. The smallest absolute Gasteiger partial charge is 0.258 e. The molecule has 0 saturated carbocycles. The molecule has 122 valence electrons.